The molecule has 1 saturated heterocycles. The zero-order valence-electron chi connectivity index (χ0n) is 9.78. The fourth-order valence-corrected chi connectivity index (χ4v) is 5.08. The number of hydrogen-bond acceptors (Lipinski definition) is 4. The second kappa shape index (κ2) is 7.41. The van der Waals surface area contributed by atoms with Crippen molar-refractivity contribution in [2.75, 3.05) is 18.1 Å². The molecule has 0 aromatic heterocycles. The maximum absolute atomic E-state index is 10.9. The maximum Gasteiger partial charge on any atom is 0.152 e. The molecule has 1 fully saturated rings. The molecule has 0 aromatic rings. The molecule has 0 aliphatic carbocycles. The number of aliphatic hydroxyl groups excluding tert-OH is 1. The Bertz CT molecular complexity index is 245. The highest BCUT2D eigenvalue weighted by Crippen LogP contribution is 2.48. The predicted molar refractivity (Wildman–Crippen MR) is 73.0 cm³/mol. The number of rotatable bonds is 6. The molecule has 92 valence electrons. The molecule has 0 spiro atoms. The average molecular weight is 260 g/mol. The van der Waals surface area contributed by atoms with Crippen molar-refractivity contribution in [2.45, 2.75) is 36.7 Å². The molecule has 0 bridgehead atoms. The van der Waals surface area contributed by atoms with Crippen molar-refractivity contribution in [1.29, 1.82) is 0 Å². The number of carbonyl (C=O) groups is 1. The Morgan fingerprint density at radius 2 is 2.12 bits per heavy atom. The minimum absolute atomic E-state index is 0.114. The number of carbonyl (C=O) groups excluding carboxylic acids is 1. The van der Waals surface area contributed by atoms with Crippen molar-refractivity contribution >= 4 is 29.3 Å². The summed E-state index contributed by atoms with van der Waals surface area (Å²) in [7, 11) is 0. The van der Waals surface area contributed by atoms with E-state index in [0.29, 0.717) is 0 Å². The molecule has 1 aliphatic heterocycles. The molecule has 16 heavy (non-hydrogen) atoms. The minimum Gasteiger partial charge on any atom is -0.396 e. The fourth-order valence-electron chi connectivity index (χ4n) is 1.73. The standard InChI is InChI=1S/C12H20O2S2/c1-11(14)5-2-6-12(7-3-8-13)15-9-4-10-16-12/h2,5,13H,3-4,6-10H2,1H3/b5-2+. The van der Waals surface area contributed by atoms with Crippen molar-refractivity contribution < 1.29 is 9.90 Å². The summed E-state index contributed by atoms with van der Waals surface area (Å²) in [6, 6.07) is 0. The summed E-state index contributed by atoms with van der Waals surface area (Å²) in [6.07, 6.45) is 7.74. The van der Waals surface area contributed by atoms with Gasteiger partial charge >= 0.3 is 0 Å². The van der Waals surface area contributed by atoms with Gasteiger partial charge in [0.2, 0.25) is 0 Å². The van der Waals surface area contributed by atoms with E-state index in [1.807, 2.05) is 29.6 Å². The lowest BCUT2D eigenvalue weighted by Crippen LogP contribution is -2.25. The molecule has 4 heteroatoms. The molecule has 1 rings (SSSR count). The van der Waals surface area contributed by atoms with Crippen LogP contribution < -0.4 is 0 Å². The first-order valence-corrected chi connectivity index (χ1v) is 7.71. The van der Waals surface area contributed by atoms with E-state index in [9.17, 15) is 4.79 Å². The smallest absolute Gasteiger partial charge is 0.152 e. The van der Waals surface area contributed by atoms with Crippen molar-refractivity contribution in [1.82, 2.24) is 0 Å². The molecule has 1 aliphatic rings. The zero-order valence-corrected chi connectivity index (χ0v) is 11.4. The van der Waals surface area contributed by atoms with Crippen LogP contribution in [0.4, 0.5) is 0 Å². The van der Waals surface area contributed by atoms with Crippen LogP contribution in [0.5, 0.6) is 0 Å². The molecular weight excluding hydrogens is 240 g/mol. The fraction of sp³-hybridized carbons (Fsp3) is 0.750. The van der Waals surface area contributed by atoms with Crippen LogP contribution in [0.3, 0.4) is 0 Å². The summed E-state index contributed by atoms with van der Waals surface area (Å²) in [5.41, 5.74) is 0. The van der Waals surface area contributed by atoms with Crippen molar-refractivity contribution in [3.63, 3.8) is 0 Å². The van der Waals surface area contributed by atoms with Gasteiger partial charge in [0.15, 0.2) is 5.78 Å². The van der Waals surface area contributed by atoms with Crippen LogP contribution in [-0.4, -0.2) is 33.1 Å². The Morgan fingerprint density at radius 1 is 1.44 bits per heavy atom. The normalized spacial score (nSPS) is 20.1. The largest absolute Gasteiger partial charge is 0.396 e. The van der Waals surface area contributed by atoms with E-state index in [4.69, 9.17) is 5.11 Å². The summed E-state index contributed by atoms with van der Waals surface area (Å²) < 4.78 is 0.201. The summed E-state index contributed by atoms with van der Waals surface area (Å²) in [5, 5.41) is 8.93. The first-order chi connectivity index (χ1) is 7.68. The molecule has 0 saturated carbocycles. The molecular formula is C12H20O2S2. The van der Waals surface area contributed by atoms with Gasteiger partial charge < -0.3 is 5.11 Å². The zero-order chi connectivity index (χ0) is 11.9. The van der Waals surface area contributed by atoms with E-state index < -0.39 is 0 Å². The molecule has 1 N–H and O–H groups in total. The van der Waals surface area contributed by atoms with Crippen LogP contribution in [-0.2, 0) is 4.79 Å². The van der Waals surface area contributed by atoms with Gasteiger partial charge in [-0.15, -0.1) is 23.5 Å². The first-order valence-electron chi connectivity index (χ1n) is 5.74. The molecule has 0 radical (unpaired) electrons. The van der Waals surface area contributed by atoms with Gasteiger partial charge in [-0.05, 0) is 50.2 Å². The molecule has 0 unspecified atom stereocenters. The van der Waals surface area contributed by atoms with Gasteiger partial charge in [-0.1, -0.05) is 6.08 Å². The topological polar surface area (TPSA) is 37.3 Å². The van der Waals surface area contributed by atoms with Gasteiger partial charge in [0, 0.05) is 6.61 Å². The third-order valence-electron chi connectivity index (χ3n) is 2.52. The van der Waals surface area contributed by atoms with Gasteiger partial charge in [-0.2, -0.15) is 0 Å². The molecule has 1 heterocycles. The van der Waals surface area contributed by atoms with Gasteiger partial charge in [0.05, 0.1) is 4.08 Å². The lowest BCUT2D eigenvalue weighted by molar-refractivity contribution is -0.112. The van der Waals surface area contributed by atoms with E-state index in [0.717, 1.165) is 19.3 Å². The third-order valence-corrected chi connectivity index (χ3v) is 6.00. The summed E-state index contributed by atoms with van der Waals surface area (Å²) in [6.45, 7) is 1.84. The number of aliphatic hydroxyl groups is 1. The van der Waals surface area contributed by atoms with E-state index in [2.05, 4.69) is 0 Å². The quantitative estimate of drug-likeness (QED) is 0.745. The van der Waals surface area contributed by atoms with Crippen LogP contribution in [0.2, 0.25) is 0 Å². The SMILES string of the molecule is CC(=O)/C=C/CC1(CCCO)SCCCS1. The highest BCUT2D eigenvalue weighted by Gasteiger charge is 2.31. The summed E-state index contributed by atoms with van der Waals surface area (Å²) in [5.74, 6) is 2.52. The van der Waals surface area contributed by atoms with Crippen LogP contribution in [0.1, 0.15) is 32.6 Å². The molecule has 2 nitrogen and oxygen atoms in total. The number of thioether (sulfide) groups is 2. The Kier molecular flexibility index (Phi) is 6.54. The molecule has 0 aromatic carbocycles. The van der Waals surface area contributed by atoms with E-state index >= 15 is 0 Å². The van der Waals surface area contributed by atoms with Crippen LogP contribution in [0.25, 0.3) is 0 Å². The highest BCUT2D eigenvalue weighted by atomic mass is 32.2. The number of hydrogen-bond donors (Lipinski definition) is 1. The molecule has 0 atom stereocenters. The lowest BCUT2D eigenvalue weighted by Gasteiger charge is -2.35. The number of ketones is 1. The van der Waals surface area contributed by atoms with Crippen LogP contribution in [0, 0.1) is 0 Å². The second-order valence-corrected chi connectivity index (χ2v) is 7.22. The monoisotopic (exact) mass is 260 g/mol. The van der Waals surface area contributed by atoms with Gasteiger partial charge in [0.25, 0.3) is 0 Å². The van der Waals surface area contributed by atoms with E-state index in [1.54, 1.807) is 13.0 Å². The second-order valence-electron chi connectivity index (χ2n) is 4.01. The average Bonchev–Trinajstić information content (AvgIpc) is 2.27. The van der Waals surface area contributed by atoms with Crippen molar-refractivity contribution in [2.24, 2.45) is 0 Å². The van der Waals surface area contributed by atoms with Gasteiger partial charge in [0.1, 0.15) is 0 Å². The summed E-state index contributed by atoms with van der Waals surface area (Å²) in [4.78, 5) is 10.9. The minimum atomic E-state index is 0.114. The Hall–Kier alpha value is 0.0700. The van der Waals surface area contributed by atoms with E-state index in [1.165, 1.54) is 17.9 Å². The lowest BCUT2D eigenvalue weighted by atomic mass is 10.1. The Labute approximate surface area is 106 Å². The first kappa shape index (κ1) is 14.1. The predicted octanol–water partition coefficient (Wildman–Crippen LogP) is 2.86. The third kappa shape index (κ3) is 4.93. The van der Waals surface area contributed by atoms with Crippen LogP contribution >= 0.6 is 23.5 Å². The van der Waals surface area contributed by atoms with Gasteiger partial charge in [-0.25, -0.2) is 0 Å². The van der Waals surface area contributed by atoms with Crippen molar-refractivity contribution in [3.8, 4) is 0 Å². The Balaban J connectivity index is 2.51. The highest BCUT2D eigenvalue weighted by molar-refractivity contribution is 8.18. The Morgan fingerprint density at radius 3 is 2.69 bits per heavy atom. The number of allylic oxidation sites excluding steroid dienone is 2. The summed E-state index contributed by atoms with van der Waals surface area (Å²) >= 11 is 3.98. The van der Waals surface area contributed by atoms with Crippen LogP contribution in [0.15, 0.2) is 12.2 Å². The van der Waals surface area contributed by atoms with Crippen molar-refractivity contribution in [3.05, 3.63) is 12.2 Å². The molecule has 0 amide bonds. The maximum atomic E-state index is 10.9. The van der Waals surface area contributed by atoms with Gasteiger partial charge in [-0.3, -0.25) is 4.79 Å². The van der Waals surface area contributed by atoms with E-state index in [-0.39, 0.29) is 16.5 Å².